The summed E-state index contributed by atoms with van der Waals surface area (Å²) in [5.41, 5.74) is 0.497. The number of fused-ring (bicyclic) bond motifs is 4. The minimum Gasteiger partial charge on any atom is -0.489 e. The summed E-state index contributed by atoms with van der Waals surface area (Å²) in [6.07, 6.45) is 6.94. The Labute approximate surface area is 597 Å². The van der Waals surface area contributed by atoms with Crippen molar-refractivity contribution in [2.75, 3.05) is 28.3 Å². The van der Waals surface area contributed by atoms with Gasteiger partial charge in [-0.3, -0.25) is 85.0 Å². The Kier molecular flexibility index (Phi) is 22.0. The maximum absolute atomic E-state index is 12.5. The van der Waals surface area contributed by atoms with Crippen molar-refractivity contribution < 1.29 is 33.6 Å². The number of aryl methyl sites for hydroxylation is 5. The van der Waals surface area contributed by atoms with Crippen LogP contribution in [0.3, 0.4) is 0 Å². The van der Waals surface area contributed by atoms with Gasteiger partial charge in [0.15, 0.2) is 56.8 Å². The van der Waals surface area contributed by atoms with E-state index in [4.69, 9.17) is 4.74 Å². The first kappa shape index (κ1) is 74.5. The molecular formula is C66H66N23O16S+. The Bertz CT molecular complexity index is 6160. The number of nitrogens with zero attached hydrogens (tertiary/aromatic N) is 19. The molecule has 0 bridgehead atoms. The Morgan fingerprint density at radius 1 is 0.462 bits per heavy atom. The van der Waals surface area contributed by atoms with Crippen LogP contribution in [0.5, 0.6) is 5.75 Å². The van der Waals surface area contributed by atoms with Crippen LogP contribution in [-0.4, -0.2) is 120 Å². The summed E-state index contributed by atoms with van der Waals surface area (Å²) in [7, 11) is 12.9. The van der Waals surface area contributed by atoms with Crippen LogP contribution in [0.25, 0.3) is 44.7 Å². The van der Waals surface area contributed by atoms with E-state index >= 15 is 0 Å². The van der Waals surface area contributed by atoms with Crippen molar-refractivity contribution in [2.24, 2.45) is 56.4 Å². The number of aromatic nitrogens is 17. The van der Waals surface area contributed by atoms with Crippen molar-refractivity contribution in [3.05, 3.63) is 243 Å². The number of imidazole rings is 4. The zero-order valence-corrected chi connectivity index (χ0v) is 59.0. The molecule has 39 nitrogen and oxygen atoms in total. The van der Waals surface area contributed by atoms with Crippen LogP contribution >= 0.6 is 11.3 Å². The van der Waals surface area contributed by atoms with E-state index in [-0.39, 0.29) is 94.0 Å². The van der Waals surface area contributed by atoms with Crippen molar-refractivity contribution in [3.8, 4) is 5.75 Å². The molecule has 0 aliphatic rings. The highest BCUT2D eigenvalue weighted by molar-refractivity contribution is 7.13. The molecule has 0 atom stereocenters. The molecule has 9 aromatic heterocycles. The number of anilines is 4. The number of hydrogen-bond acceptors (Lipinski definition) is 22. The summed E-state index contributed by atoms with van der Waals surface area (Å²) in [5, 5.41) is 23.9. The summed E-state index contributed by atoms with van der Waals surface area (Å²) in [5.74, 6) is -0.937. The van der Waals surface area contributed by atoms with E-state index in [1.54, 1.807) is 73.1 Å². The van der Waals surface area contributed by atoms with Crippen LogP contribution in [0.1, 0.15) is 11.1 Å². The van der Waals surface area contributed by atoms with E-state index in [1.807, 2.05) is 30.3 Å². The van der Waals surface area contributed by atoms with E-state index in [9.17, 15) is 72.6 Å². The van der Waals surface area contributed by atoms with Crippen LogP contribution in [0.4, 0.5) is 33.6 Å². The lowest BCUT2D eigenvalue weighted by molar-refractivity contribution is -0.428. The predicted octanol–water partition coefficient (Wildman–Crippen LogP) is 1.58. The second kappa shape index (κ2) is 31.4. The zero-order valence-electron chi connectivity index (χ0n) is 58.2. The quantitative estimate of drug-likeness (QED) is 0.0571. The summed E-state index contributed by atoms with van der Waals surface area (Å²) < 4.78 is 20.8. The molecule has 0 fully saturated rings. The number of carbonyl (C=O) groups is 4. The van der Waals surface area contributed by atoms with Gasteiger partial charge in [-0.25, -0.2) is 44.1 Å². The molecule has 13 rings (SSSR count). The number of nitrogens with one attached hydrogen (secondary N) is 4. The molecule has 0 aliphatic heterocycles. The van der Waals surface area contributed by atoms with Crippen molar-refractivity contribution in [1.29, 1.82) is 0 Å². The first-order valence-electron chi connectivity index (χ1n) is 31.5. The Hall–Kier alpha value is -14.2. The van der Waals surface area contributed by atoms with Gasteiger partial charge in [0, 0.05) is 107 Å². The van der Waals surface area contributed by atoms with Gasteiger partial charge in [-0.15, -0.1) is 11.3 Å². The maximum Gasteiger partial charge on any atom is 0.332 e. The normalized spacial score (nSPS) is 10.9. The molecule has 106 heavy (non-hydrogen) atoms. The molecule has 0 spiro atoms. The van der Waals surface area contributed by atoms with Gasteiger partial charge in [-0.1, -0.05) is 42.5 Å². The second-order valence-electron chi connectivity index (χ2n) is 23.7. The average molecular weight is 1470 g/mol. The van der Waals surface area contributed by atoms with Crippen LogP contribution in [-0.2, 0) is 108 Å². The topological polar surface area (TPSA) is 449 Å². The lowest BCUT2D eigenvalue weighted by atomic mass is 10.2. The Balaban J connectivity index is 0.000000152. The van der Waals surface area contributed by atoms with Gasteiger partial charge < -0.3 is 44.3 Å². The summed E-state index contributed by atoms with van der Waals surface area (Å²) in [6, 6.07) is 27.8. The van der Waals surface area contributed by atoms with Crippen LogP contribution in [0.2, 0.25) is 0 Å². The van der Waals surface area contributed by atoms with Crippen LogP contribution < -0.4 is 71.0 Å². The molecule has 4 aromatic carbocycles. The Morgan fingerprint density at radius 3 is 1.26 bits per heavy atom. The molecule has 0 radical (unpaired) electrons. The zero-order chi connectivity index (χ0) is 76.7. The number of nitroso groups, excluding NO2 is 1. The summed E-state index contributed by atoms with van der Waals surface area (Å²) >= 11 is 1.30. The number of nitro groups is 1. The number of benzene rings is 4. The molecule has 9 heterocycles. The summed E-state index contributed by atoms with van der Waals surface area (Å²) in [4.78, 5) is 188. The van der Waals surface area contributed by atoms with E-state index in [0.29, 0.717) is 44.9 Å². The van der Waals surface area contributed by atoms with Gasteiger partial charge in [-0.05, 0) is 54.4 Å². The van der Waals surface area contributed by atoms with E-state index in [1.165, 1.54) is 149 Å². The fourth-order valence-corrected chi connectivity index (χ4v) is 11.3. The third-order valence-electron chi connectivity index (χ3n) is 16.3. The number of hydrogen-bond donors (Lipinski definition) is 4. The first-order valence-corrected chi connectivity index (χ1v) is 32.4. The smallest absolute Gasteiger partial charge is 0.332 e. The molecule has 4 amide bonds. The minimum absolute atomic E-state index is 0.0559. The SMILES string of the molecule is Cc1ccc(NC(=O)Cn2cnc3c2c(=O)n(C)c(=O)n3C)c([N+](=O)[O-])c1.Cn1c(=O)c2c(ncn2CC(=O)Nc2ccc(OCc3ccccc3)cc2)n(C)c1=O.Cn1c(=O)c2c(ncn2CC(=O)Nc2cccc([N+](C)=O)c2)n(C)c1=O.Cn1c(=O)c2c(ncn2CC(=O)Nc2nccs2)n(C)c1=O. The minimum atomic E-state index is -0.584. The van der Waals surface area contributed by atoms with Gasteiger partial charge in [-0.2, -0.15) is 0 Å². The number of amides is 4. The molecule has 13 aromatic rings. The lowest BCUT2D eigenvalue weighted by Crippen LogP contribution is -2.37. The third kappa shape index (κ3) is 15.9. The monoisotopic (exact) mass is 1470 g/mol. The number of ether oxygens (including phenoxy) is 1. The standard InChI is InChI=1S/C22H21N5O4.C16H16N6O5.C16H16N6O4.C12H12N6O3S/c1-25-20-19(21(29)26(2)22(25)30)27(14-23-20)12-18(28)24-16-8-10-17(11-9-16)31-13-15-6-4-3-5-7-15;1-9-4-5-10(11(6-9)22(26)27)18-12(23)7-21-8-17-14-13(21)15(24)20(3)16(25)19(14)2;1-19-14-13(15(24)20(2)16(19)25)22(9-17-14)8-12(23)18-10-5-4-6-11(7-10)21(3)26;1-16-9-8(10(20)17(2)12(16)21)18(6-14-9)5-7(19)15-11-13-3-4-22-11/h3-11,14H,12-13H2,1-2H3,(H,24,28);4-6,8H,7H2,1-3H3,(H,18,23);4-7,9H,8H2,1-3H3;3-4,6H,5H2,1-2H3,(H,13,15,19)/p+1. The second-order valence-corrected chi connectivity index (χ2v) is 24.6. The summed E-state index contributed by atoms with van der Waals surface area (Å²) in [6.45, 7) is 1.49. The molecule has 0 saturated heterocycles. The van der Waals surface area contributed by atoms with Gasteiger partial charge in [0.25, 0.3) is 33.6 Å². The third-order valence-corrected chi connectivity index (χ3v) is 17.0. The molecule has 4 N–H and O–H groups in total. The lowest BCUT2D eigenvalue weighted by Gasteiger charge is -2.09. The molecule has 0 saturated carbocycles. The molecule has 546 valence electrons. The van der Waals surface area contributed by atoms with E-state index in [2.05, 4.69) is 46.2 Å². The van der Waals surface area contributed by atoms with Crippen LogP contribution in [0, 0.1) is 21.9 Å². The van der Waals surface area contributed by atoms with E-state index < -0.39 is 61.7 Å². The van der Waals surface area contributed by atoms with Crippen molar-refractivity contribution in [1.82, 2.24) is 79.7 Å². The fourth-order valence-electron chi connectivity index (χ4n) is 10.8. The van der Waals surface area contributed by atoms with Gasteiger partial charge in [0.2, 0.25) is 23.6 Å². The molecule has 0 unspecified atom stereocenters. The van der Waals surface area contributed by atoms with Crippen molar-refractivity contribution in [2.45, 2.75) is 39.7 Å². The molecule has 0 aliphatic carbocycles. The molecular weight excluding hydrogens is 1400 g/mol. The van der Waals surface area contributed by atoms with Crippen LogP contribution in [0.15, 0.2) is 172 Å². The highest BCUT2D eigenvalue weighted by atomic mass is 32.1. The van der Waals surface area contributed by atoms with Gasteiger partial charge in [0.05, 0.1) is 30.2 Å². The van der Waals surface area contributed by atoms with Gasteiger partial charge in [0.1, 0.15) is 44.2 Å². The maximum atomic E-state index is 12.5. The number of rotatable bonds is 17. The molecule has 40 heteroatoms. The highest BCUT2D eigenvalue weighted by Gasteiger charge is 2.23. The number of nitro benzene ring substituents is 1. The van der Waals surface area contributed by atoms with E-state index in [0.717, 1.165) is 23.8 Å². The Morgan fingerprint density at radius 2 is 0.868 bits per heavy atom. The van der Waals surface area contributed by atoms with Crippen molar-refractivity contribution >= 4 is 113 Å². The fraction of sp³-hybridized carbons (Fsp3) is 0.227. The first-order chi connectivity index (χ1) is 50.4. The largest absolute Gasteiger partial charge is 0.489 e. The highest BCUT2D eigenvalue weighted by Crippen LogP contribution is 2.26. The van der Waals surface area contributed by atoms with Crippen molar-refractivity contribution in [3.63, 3.8) is 0 Å². The number of carbonyl (C=O) groups excluding carboxylic acids is 4. The average Bonchev–Trinajstić information content (AvgIpc) is 1.61. The number of thiazole rings is 1. The predicted molar refractivity (Wildman–Crippen MR) is 388 cm³/mol. The van der Waals surface area contributed by atoms with Gasteiger partial charge >= 0.3 is 22.8 Å².